The van der Waals surface area contributed by atoms with Crippen LogP contribution in [0.1, 0.15) is 6.42 Å². The summed E-state index contributed by atoms with van der Waals surface area (Å²) in [5.74, 6) is 0.0798. The van der Waals surface area contributed by atoms with Crippen LogP contribution in [0.2, 0.25) is 0 Å². The molecule has 0 spiro atoms. The fourth-order valence-electron chi connectivity index (χ4n) is 4.00. The molecule has 4 rings (SSSR count). The van der Waals surface area contributed by atoms with Gasteiger partial charge < -0.3 is 19.9 Å². The third kappa shape index (κ3) is 5.28. The summed E-state index contributed by atoms with van der Waals surface area (Å²) in [7, 11) is 0. The molecule has 6 heteroatoms. The molecule has 2 aromatic carbocycles. The van der Waals surface area contributed by atoms with Crippen molar-refractivity contribution < 1.29 is 9.53 Å². The van der Waals surface area contributed by atoms with E-state index in [9.17, 15) is 4.79 Å². The second-order valence-corrected chi connectivity index (χ2v) is 7.58. The standard InChI is InChI=1S/C23H30N4O2/c28-23(24-21-8-4-5-9-22(21)27-16-18-29-19-17-27)10-11-25-12-14-26(15-13-25)20-6-2-1-3-7-20/h1-9H,10-19H2,(H,24,28). The predicted molar refractivity (Wildman–Crippen MR) is 118 cm³/mol. The quantitative estimate of drug-likeness (QED) is 0.816. The van der Waals surface area contributed by atoms with Crippen LogP contribution in [0.4, 0.5) is 17.1 Å². The second-order valence-electron chi connectivity index (χ2n) is 7.58. The van der Waals surface area contributed by atoms with E-state index in [1.165, 1.54) is 5.69 Å². The number of hydrogen-bond donors (Lipinski definition) is 1. The summed E-state index contributed by atoms with van der Waals surface area (Å²) in [5, 5.41) is 3.12. The fourth-order valence-corrected chi connectivity index (χ4v) is 4.00. The van der Waals surface area contributed by atoms with E-state index in [4.69, 9.17) is 4.74 Å². The molecular weight excluding hydrogens is 364 g/mol. The van der Waals surface area contributed by atoms with Crippen LogP contribution in [0.3, 0.4) is 0 Å². The molecule has 0 unspecified atom stereocenters. The third-order valence-electron chi connectivity index (χ3n) is 5.68. The van der Waals surface area contributed by atoms with E-state index in [0.717, 1.165) is 70.4 Å². The van der Waals surface area contributed by atoms with E-state index in [2.05, 4.69) is 56.4 Å². The van der Waals surface area contributed by atoms with Crippen molar-refractivity contribution in [2.24, 2.45) is 0 Å². The first-order chi connectivity index (χ1) is 14.3. The maximum atomic E-state index is 12.6. The number of anilines is 3. The Morgan fingerprint density at radius 3 is 2.28 bits per heavy atom. The van der Waals surface area contributed by atoms with Gasteiger partial charge in [0.1, 0.15) is 0 Å². The zero-order valence-corrected chi connectivity index (χ0v) is 16.9. The maximum Gasteiger partial charge on any atom is 0.225 e. The summed E-state index contributed by atoms with van der Waals surface area (Å²) in [6.45, 7) is 7.98. The van der Waals surface area contributed by atoms with Crippen LogP contribution in [0.15, 0.2) is 54.6 Å². The summed E-state index contributed by atoms with van der Waals surface area (Å²) in [6.07, 6.45) is 0.517. The number of para-hydroxylation sites is 3. The molecule has 2 fully saturated rings. The highest BCUT2D eigenvalue weighted by Gasteiger charge is 2.19. The lowest BCUT2D eigenvalue weighted by Crippen LogP contribution is -2.47. The van der Waals surface area contributed by atoms with Gasteiger partial charge in [0, 0.05) is 57.9 Å². The lowest BCUT2D eigenvalue weighted by atomic mass is 10.2. The number of carbonyl (C=O) groups excluding carboxylic acids is 1. The van der Waals surface area contributed by atoms with Gasteiger partial charge in [0.05, 0.1) is 24.6 Å². The van der Waals surface area contributed by atoms with Crippen molar-refractivity contribution in [3.05, 3.63) is 54.6 Å². The van der Waals surface area contributed by atoms with Crippen LogP contribution in [-0.4, -0.2) is 69.8 Å². The van der Waals surface area contributed by atoms with E-state index in [0.29, 0.717) is 6.42 Å². The number of morpholine rings is 1. The molecule has 2 aliphatic heterocycles. The van der Waals surface area contributed by atoms with Crippen molar-refractivity contribution in [1.82, 2.24) is 4.90 Å². The molecule has 0 atom stereocenters. The average Bonchev–Trinajstić information content (AvgIpc) is 2.80. The molecule has 29 heavy (non-hydrogen) atoms. The van der Waals surface area contributed by atoms with Gasteiger partial charge in [-0.25, -0.2) is 0 Å². The summed E-state index contributed by atoms with van der Waals surface area (Å²) in [5.41, 5.74) is 3.26. The summed E-state index contributed by atoms with van der Waals surface area (Å²) in [6, 6.07) is 18.6. The Morgan fingerprint density at radius 2 is 1.52 bits per heavy atom. The lowest BCUT2D eigenvalue weighted by Gasteiger charge is -2.36. The number of carbonyl (C=O) groups is 1. The average molecular weight is 395 g/mol. The van der Waals surface area contributed by atoms with E-state index >= 15 is 0 Å². The molecule has 2 saturated heterocycles. The second kappa shape index (κ2) is 9.76. The Bertz CT molecular complexity index is 784. The Hall–Kier alpha value is -2.57. The Morgan fingerprint density at radius 1 is 0.828 bits per heavy atom. The van der Waals surface area contributed by atoms with Crippen LogP contribution < -0.4 is 15.1 Å². The number of benzene rings is 2. The first-order valence-electron chi connectivity index (χ1n) is 10.5. The first-order valence-corrected chi connectivity index (χ1v) is 10.5. The molecule has 6 nitrogen and oxygen atoms in total. The molecule has 0 bridgehead atoms. The number of rotatable bonds is 6. The largest absolute Gasteiger partial charge is 0.378 e. The predicted octanol–water partition coefficient (Wildman–Crippen LogP) is 2.67. The minimum absolute atomic E-state index is 0.0798. The molecule has 1 amide bonds. The fraction of sp³-hybridized carbons (Fsp3) is 0.435. The van der Waals surface area contributed by atoms with Crippen molar-refractivity contribution in [2.75, 3.05) is 74.1 Å². The highest BCUT2D eigenvalue weighted by Crippen LogP contribution is 2.26. The number of nitrogens with zero attached hydrogens (tertiary/aromatic N) is 3. The van der Waals surface area contributed by atoms with Crippen LogP contribution >= 0.6 is 0 Å². The van der Waals surface area contributed by atoms with Crippen molar-refractivity contribution in [1.29, 1.82) is 0 Å². The van der Waals surface area contributed by atoms with Gasteiger partial charge in [-0.15, -0.1) is 0 Å². The number of ether oxygens (including phenoxy) is 1. The van der Waals surface area contributed by atoms with Gasteiger partial charge >= 0.3 is 0 Å². The van der Waals surface area contributed by atoms with Gasteiger partial charge in [0.2, 0.25) is 5.91 Å². The molecular formula is C23H30N4O2. The van der Waals surface area contributed by atoms with Gasteiger partial charge in [-0.05, 0) is 24.3 Å². The Kier molecular flexibility index (Phi) is 6.64. The van der Waals surface area contributed by atoms with Gasteiger partial charge in [0.15, 0.2) is 0 Å². The number of hydrogen-bond acceptors (Lipinski definition) is 5. The minimum Gasteiger partial charge on any atom is -0.378 e. The number of nitrogens with one attached hydrogen (secondary N) is 1. The van der Waals surface area contributed by atoms with E-state index in [1.54, 1.807) is 0 Å². The van der Waals surface area contributed by atoms with Crippen molar-refractivity contribution in [3.8, 4) is 0 Å². The smallest absolute Gasteiger partial charge is 0.225 e. The normalized spacial score (nSPS) is 17.9. The lowest BCUT2D eigenvalue weighted by molar-refractivity contribution is -0.116. The van der Waals surface area contributed by atoms with Crippen LogP contribution in [-0.2, 0) is 9.53 Å². The van der Waals surface area contributed by atoms with Gasteiger partial charge in [-0.2, -0.15) is 0 Å². The van der Waals surface area contributed by atoms with E-state index in [-0.39, 0.29) is 5.91 Å². The summed E-state index contributed by atoms with van der Waals surface area (Å²) < 4.78 is 5.45. The molecule has 0 aliphatic carbocycles. The molecule has 0 aromatic heterocycles. The van der Waals surface area contributed by atoms with Crippen molar-refractivity contribution >= 4 is 23.0 Å². The van der Waals surface area contributed by atoms with Crippen LogP contribution in [0.25, 0.3) is 0 Å². The monoisotopic (exact) mass is 394 g/mol. The molecule has 2 aromatic rings. The van der Waals surface area contributed by atoms with Gasteiger partial charge in [-0.1, -0.05) is 30.3 Å². The van der Waals surface area contributed by atoms with Gasteiger partial charge in [0.25, 0.3) is 0 Å². The van der Waals surface area contributed by atoms with E-state index < -0.39 is 0 Å². The molecule has 0 saturated carbocycles. The van der Waals surface area contributed by atoms with E-state index in [1.807, 2.05) is 18.2 Å². The summed E-state index contributed by atoms with van der Waals surface area (Å²) >= 11 is 0. The SMILES string of the molecule is O=C(CCN1CCN(c2ccccc2)CC1)Nc1ccccc1N1CCOCC1. The highest BCUT2D eigenvalue weighted by molar-refractivity contribution is 5.94. The molecule has 154 valence electrons. The zero-order valence-electron chi connectivity index (χ0n) is 16.9. The Balaban J connectivity index is 1.25. The maximum absolute atomic E-state index is 12.6. The zero-order chi connectivity index (χ0) is 19.9. The van der Waals surface area contributed by atoms with Crippen LogP contribution in [0.5, 0.6) is 0 Å². The van der Waals surface area contributed by atoms with Gasteiger partial charge in [-0.3, -0.25) is 9.69 Å². The molecule has 0 radical (unpaired) electrons. The molecule has 2 aliphatic rings. The first kappa shape index (κ1) is 19.7. The molecule has 1 N–H and O–H groups in total. The van der Waals surface area contributed by atoms with Crippen LogP contribution in [0, 0.1) is 0 Å². The highest BCUT2D eigenvalue weighted by atomic mass is 16.5. The number of amides is 1. The van der Waals surface area contributed by atoms with Crippen molar-refractivity contribution in [3.63, 3.8) is 0 Å². The van der Waals surface area contributed by atoms with Crippen molar-refractivity contribution in [2.45, 2.75) is 6.42 Å². The minimum atomic E-state index is 0.0798. The molecule has 2 heterocycles. The third-order valence-corrected chi connectivity index (χ3v) is 5.68. The number of piperazine rings is 1. The summed E-state index contributed by atoms with van der Waals surface area (Å²) in [4.78, 5) is 19.7. The topological polar surface area (TPSA) is 48.1 Å². The Labute approximate surface area is 173 Å².